The summed E-state index contributed by atoms with van der Waals surface area (Å²) >= 11 is 0. The summed E-state index contributed by atoms with van der Waals surface area (Å²) in [6, 6.07) is 10.4. The summed E-state index contributed by atoms with van der Waals surface area (Å²) < 4.78 is 11.9. The van der Waals surface area contributed by atoms with Gasteiger partial charge in [-0.05, 0) is 89.9 Å². The lowest BCUT2D eigenvalue weighted by Crippen LogP contribution is -2.81. The molecule has 0 radical (unpaired) electrons. The minimum absolute atomic E-state index is 0.0495. The number of anilines is 1. The predicted molar refractivity (Wildman–Crippen MR) is 217 cm³/mol. The van der Waals surface area contributed by atoms with Crippen LogP contribution in [0.4, 0.5) is 5.69 Å². The molecule has 2 bridgehead atoms. The standard InChI is InChI=1S/C43H55N9O7/c1-5-39(56)20-25-21-41(22-33(53)59-4,34-27(12-16-50(23-25)24-39)26-10-7-8-11-30(26)46-34)29-18-28-31(19-32(29)58-3)52(49-48-47-45)36-42(28)14-17-51-15-9-13-40(6-2,35(42)51)37(54)43(36,57)38(44)55/h7-11,13,18-19,25,35-37,45-46,54,56-57H,5-6,12,14-17,20-24H2,1-4H3,(H2,44,55)/t25?,35-,36-,37+,39-,40+,41-,42+,43-/m0/s1. The van der Waals surface area contributed by atoms with E-state index in [1.165, 1.54) is 12.1 Å². The monoisotopic (exact) mass is 809 g/mol. The number of amides is 1. The Kier molecular flexibility index (Phi) is 9.36. The number of para-hydroxylation sites is 1. The second kappa shape index (κ2) is 13.9. The van der Waals surface area contributed by atoms with Gasteiger partial charge >= 0.3 is 5.97 Å². The number of primary amides is 1. The number of aromatic amines is 1. The SMILES string of the molecule is CC[C@]1(O)CC2CN(CCc3c([nH]c4ccccc34)[C@@](CC(=O)OC)(c3cc4c(cc3OC)N(N=NN=N)[C@@H]3[C@@](O)(C(N)=O)[C@H](O)[C@]5(CC)C=CCN6CC[C@]43[C@@H]65)C2)C1. The number of aliphatic hydroxyl groups is 3. The molecular formula is C43H55N9O7. The lowest BCUT2D eigenvalue weighted by molar-refractivity contribution is -0.201. The maximum absolute atomic E-state index is 14.1. The van der Waals surface area contributed by atoms with Gasteiger partial charge in [-0.3, -0.25) is 19.4 Å². The van der Waals surface area contributed by atoms with Crippen LogP contribution in [0.15, 0.2) is 64.2 Å². The number of piperidine rings is 1. The third-order valence-electron chi connectivity index (χ3n) is 15.4. The molecule has 3 aromatic rings. The van der Waals surface area contributed by atoms with Gasteiger partial charge < -0.3 is 35.5 Å². The second-order valence-corrected chi connectivity index (χ2v) is 17.9. The molecule has 16 heteroatoms. The maximum atomic E-state index is 14.1. The van der Waals surface area contributed by atoms with E-state index in [1.54, 1.807) is 7.11 Å². The molecule has 16 nitrogen and oxygen atoms in total. The van der Waals surface area contributed by atoms with E-state index in [0.29, 0.717) is 81.7 Å². The summed E-state index contributed by atoms with van der Waals surface area (Å²) in [6.07, 6.45) is 5.33. The van der Waals surface area contributed by atoms with Gasteiger partial charge in [-0.1, -0.05) is 44.2 Å². The zero-order chi connectivity index (χ0) is 41.7. The Balaban J connectivity index is 1.39. The number of hydrogen-bond donors (Lipinski definition) is 6. The van der Waals surface area contributed by atoms with E-state index in [0.717, 1.165) is 34.3 Å². The summed E-state index contributed by atoms with van der Waals surface area (Å²) in [6.45, 7) is 7.13. The van der Waals surface area contributed by atoms with Crippen LogP contribution in [-0.2, 0) is 31.6 Å². The number of nitrogens with two attached hydrogens (primary N) is 1. The van der Waals surface area contributed by atoms with Gasteiger partial charge in [-0.25, -0.2) is 5.01 Å². The number of esters is 1. The van der Waals surface area contributed by atoms with Crippen LogP contribution in [0.1, 0.15) is 74.8 Å². The minimum atomic E-state index is -2.54. The highest BCUT2D eigenvalue weighted by Gasteiger charge is 2.79. The number of nitrogens with one attached hydrogen (secondary N) is 2. The van der Waals surface area contributed by atoms with E-state index in [2.05, 4.69) is 42.6 Å². The third-order valence-corrected chi connectivity index (χ3v) is 15.4. The molecule has 6 heterocycles. The summed E-state index contributed by atoms with van der Waals surface area (Å²) in [7, 11) is 2.96. The average molecular weight is 810 g/mol. The number of rotatable bonds is 9. The number of aromatic nitrogens is 1. The second-order valence-electron chi connectivity index (χ2n) is 17.9. The molecule has 3 fully saturated rings. The fourth-order valence-corrected chi connectivity index (χ4v) is 13.1. The molecule has 2 saturated heterocycles. The Hall–Kier alpha value is -4.74. The normalized spacial score (nSPS) is 37.2. The van der Waals surface area contributed by atoms with Crippen molar-refractivity contribution in [2.24, 2.45) is 32.7 Å². The van der Waals surface area contributed by atoms with Crippen molar-refractivity contribution in [2.75, 3.05) is 52.0 Å². The zero-order valence-electron chi connectivity index (χ0n) is 34.1. The first-order valence-corrected chi connectivity index (χ1v) is 20.8. The van der Waals surface area contributed by atoms with Crippen LogP contribution in [0, 0.1) is 16.9 Å². The zero-order valence-corrected chi connectivity index (χ0v) is 34.1. The maximum Gasteiger partial charge on any atom is 0.306 e. The van der Waals surface area contributed by atoms with E-state index in [1.807, 2.05) is 50.3 Å². The van der Waals surface area contributed by atoms with Crippen LogP contribution in [0.5, 0.6) is 5.75 Å². The number of ether oxygens (including phenoxy) is 2. The van der Waals surface area contributed by atoms with Crippen LogP contribution < -0.4 is 15.5 Å². The van der Waals surface area contributed by atoms with Crippen molar-refractivity contribution in [2.45, 2.75) is 99.0 Å². The number of hydrogen-bond acceptors (Lipinski definition) is 11. The molecule has 7 N–H and O–H groups in total. The Bertz CT molecular complexity index is 2280. The van der Waals surface area contributed by atoms with Crippen molar-refractivity contribution in [1.29, 1.82) is 5.53 Å². The van der Waals surface area contributed by atoms with Crippen molar-refractivity contribution < 1.29 is 34.4 Å². The number of carbonyl (C=O) groups excluding carboxylic acids is 2. The minimum Gasteiger partial charge on any atom is -0.496 e. The highest BCUT2D eigenvalue weighted by molar-refractivity contribution is 5.90. The summed E-state index contributed by atoms with van der Waals surface area (Å²) in [5, 5.41) is 51.0. The van der Waals surface area contributed by atoms with Crippen LogP contribution >= 0.6 is 0 Å². The van der Waals surface area contributed by atoms with Crippen molar-refractivity contribution >= 4 is 28.5 Å². The van der Waals surface area contributed by atoms with E-state index in [4.69, 9.17) is 20.7 Å². The van der Waals surface area contributed by atoms with E-state index >= 15 is 0 Å². The number of benzene rings is 2. The Morgan fingerprint density at radius 1 is 1.07 bits per heavy atom. The number of aliphatic hydroxyl groups excluding tert-OH is 1. The fourth-order valence-electron chi connectivity index (χ4n) is 13.1. The third kappa shape index (κ3) is 5.32. The van der Waals surface area contributed by atoms with Crippen molar-refractivity contribution in [3.05, 3.63) is 70.9 Å². The molecule has 314 valence electrons. The molecule has 1 spiro atoms. The van der Waals surface area contributed by atoms with Crippen LogP contribution in [0.2, 0.25) is 0 Å². The molecule has 1 aliphatic carbocycles. The Morgan fingerprint density at radius 2 is 1.86 bits per heavy atom. The summed E-state index contributed by atoms with van der Waals surface area (Å²) in [4.78, 5) is 36.4. The highest BCUT2D eigenvalue weighted by atomic mass is 16.5. The molecule has 2 unspecified atom stereocenters. The van der Waals surface area contributed by atoms with Gasteiger partial charge in [0.05, 0.1) is 37.3 Å². The molecule has 6 aliphatic rings. The largest absolute Gasteiger partial charge is 0.496 e. The van der Waals surface area contributed by atoms with E-state index < -0.39 is 57.5 Å². The molecule has 1 saturated carbocycles. The van der Waals surface area contributed by atoms with E-state index in [-0.39, 0.29) is 12.3 Å². The van der Waals surface area contributed by atoms with E-state index in [9.17, 15) is 24.9 Å². The number of H-pyrrole nitrogens is 1. The van der Waals surface area contributed by atoms with Gasteiger partial charge in [0, 0.05) is 71.3 Å². The topological polar surface area (TPSA) is 226 Å². The van der Waals surface area contributed by atoms with Gasteiger partial charge in [0.25, 0.3) is 5.91 Å². The number of fused-ring (bicyclic) bond motifs is 6. The van der Waals surface area contributed by atoms with Crippen LogP contribution in [0.3, 0.4) is 0 Å². The number of carbonyl (C=O) groups is 2. The lowest BCUT2D eigenvalue weighted by atomic mass is 9.47. The highest BCUT2D eigenvalue weighted by Crippen LogP contribution is 2.68. The molecule has 5 aliphatic heterocycles. The average Bonchev–Trinajstić information content (AvgIpc) is 3.91. The van der Waals surface area contributed by atoms with Crippen molar-refractivity contribution in [1.82, 2.24) is 14.8 Å². The number of methoxy groups -OCH3 is 2. The van der Waals surface area contributed by atoms with Gasteiger partial charge in [0.1, 0.15) is 17.9 Å². The molecule has 1 amide bonds. The van der Waals surface area contributed by atoms with Crippen molar-refractivity contribution in [3.63, 3.8) is 0 Å². The molecule has 59 heavy (non-hydrogen) atoms. The molecule has 10 atom stereocenters. The quantitative estimate of drug-likeness (QED) is 0.0794. The molecule has 1 aromatic heterocycles. The Labute approximate surface area is 342 Å². The van der Waals surface area contributed by atoms with Crippen LogP contribution in [0.25, 0.3) is 10.9 Å². The predicted octanol–water partition coefficient (Wildman–Crippen LogP) is 3.81. The summed E-state index contributed by atoms with van der Waals surface area (Å²) in [5.74, 6) is -1.16. The fraction of sp³-hybridized carbons (Fsp3) is 0.581. The lowest BCUT2D eigenvalue weighted by Gasteiger charge is -2.62. The van der Waals surface area contributed by atoms with Gasteiger partial charge in [0.2, 0.25) is 0 Å². The molecule has 2 aromatic carbocycles. The van der Waals surface area contributed by atoms with Gasteiger partial charge in [-0.2, -0.15) is 5.53 Å². The van der Waals surface area contributed by atoms with Gasteiger partial charge in [-0.15, -0.1) is 0 Å². The molecule has 9 rings (SSSR count). The van der Waals surface area contributed by atoms with Crippen LogP contribution in [-0.4, -0.2) is 118 Å². The first-order valence-electron chi connectivity index (χ1n) is 20.8. The first kappa shape index (κ1) is 39.7. The smallest absolute Gasteiger partial charge is 0.306 e. The number of nitrogens with zero attached hydrogens (tertiary/aromatic N) is 6. The molecular weight excluding hydrogens is 755 g/mol. The van der Waals surface area contributed by atoms with Crippen molar-refractivity contribution in [3.8, 4) is 5.75 Å². The first-order chi connectivity index (χ1) is 28.3. The Morgan fingerprint density at radius 3 is 2.58 bits per heavy atom. The summed E-state index contributed by atoms with van der Waals surface area (Å²) in [5.41, 5.74) is 11.8. The van der Waals surface area contributed by atoms with Gasteiger partial charge in [0.15, 0.2) is 5.60 Å².